The van der Waals surface area contributed by atoms with Crippen molar-refractivity contribution >= 4 is 16.5 Å². The summed E-state index contributed by atoms with van der Waals surface area (Å²) in [6.07, 6.45) is -5.38. The van der Waals surface area contributed by atoms with Gasteiger partial charge < -0.3 is 14.7 Å². The maximum absolute atomic E-state index is 12.5. The molecule has 1 aromatic carbocycles. The van der Waals surface area contributed by atoms with Crippen molar-refractivity contribution in [3.05, 3.63) is 35.3 Å². The van der Waals surface area contributed by atoms with Crippen LogP contribution in [0.15, 0.2) is 30.3 Å². The maximum Gasteiger partial charge on any atom is 0.445 e. The highest BCUT2D eigenvalue weighted by Crippen LogP contribution is 2.33. The molecule has 0 amide bonds. The average Bonchev–Trinajstić information content (AvgIpc) is 2.96. The molecule has 1 atom stereocenters. The molecule has 0 saturated carbocycles. The first kappa shape index (κ1) is 16.5. The van der Waals surface area contributed by atoms with Crippen LogP contribution in [-0.4, -0.2) is 41.6 Å². The lowest BCUT2D eigenvalue weighted by molar-refractivity contribution is -0.138. The zero-order valence-corrected chi connectivity index (χ0v) is 12.4. The Morgan fingerprint density at radius 3 is 2.55 bits per heavy atom. The fraction of sp³-hybridized carbons (Fsp3) is 0.385. The standard InChI is InChI=1S/C13H14F3N3O2S/c1-19(12-18-17-11(22-12)13(14,15)16)7-9(20)8-21-10-5-3-2-4-6-10/h2-6,9,20H,7-8H2,1H3. The molecule has 5 nitrogen and oxygen atoms in total. The lowest BCUT2D eigenvalue weighted by Crippen LogP contribution is -2.33. The molecule has 120 valence electrons. The third-order valence-corrected chi connectivity index (χ3v) is 3.74. The molecule has 1 N–H and O–H groups in total. The van der Waals surface area contributed by atoms with E-state index in [1.807, 2.05) is 6.07 Å². The minimum absolute atomic E-state index is 0.0271. The van der Waals surface area contributed by atoms with Crippen LogP contribution in [0, 0.1) is 0 Å². The molecule has 2 aromatic rings. The van der Waals surface area contributed by atoms with E-state index >= 15 is 0 Å². The second-order valence-corrected chi connectivity index (χ2v) is 5.50. The number of anilines is 1. The molecule has 1 unspecified atom stereocenters. The zero-order valence-electron chi connectivity index (χ0n) is 11.6. The molecule has 2 rings (SSSR count). The number of rotatable bonds is 6. The van der Waals surface area contributed by atoms with Crippen molar-refractivity contribution in [3.8, 4) is 5.75 Å². The highest BCUT2D eigenvalue weighted by molar-refractivity contribution is 7.15. The van der Waals surface area contributed by atoms with Gasteiger partial charge in [-0.25, -0.2) is 0 Å². The van der Waals surface area contributed by atoms with E-state index in [0.29, 0.717) is 17.1 Å². The van der Waals surface area contributed by atoms with Crippen LogP contribution in [0.25, 0.3) is 0 Å². The molecule has 0 aliphatic carbocycles. The van der Waals surface area contributed by atoms with Crippen LogP contribution < -0.4 is 9.64 Å². The van der Waals surface area contributed by atoms with E-state index in [0.717, 1.165) is 0 Å². The lowest BCUT2D eigenvalue weighted by atomic mass is 10.3. The number of alkyl halides is 3. The first-order chi connectivity index (χ1) is 10.4. The molecule has 1 heterocycles. The van der Waals surface area contributed by atoms with E-state index in [1.54, 1.807) is 24.3 Å². The normalized spacial score (nSPS) is 13.0. The summed E-state index contributed by atoms with van der Waals surface area (Å²) in [7, 11) is 1.53. The molecular weight excluding hydrogens is 319 g/mol. The Bertz CT molecular complexity index is 592. The molecule has 0 bridgehead atoms. The van der Waals surface area contributed by atoms with Gasteiger partial charge in [0.2, 0.25) is 10.1 Å². The van der Waals surface area contributed by atoms with Crippen molar-refractivity contribution in [3.63, 3.8) is 0 Å². The van der Waals surface area contributed by atoms with Gasteiger partial charge in [-0.2, -0.15) is 13.2 Å². The van der Waals surface area contributed by atoms with Crippen LogP contribution in [0.1, 0.15) is 5.01 Å². The van der Waals surface area contributed by atoms with Crippen LogP contribution in [0.5, 0.6) is 5.75 Å². The van der Waals surface area contributed by atoms with Crippen molar-refractivity contribution < 1.29 is 23.0 Å². The smallest absolute Gasteiger partial charge is 0.445 e. The number of benzene rings is 1. The summed E-state index contributed by atoms with van der Waals surface area (Å²) >= 11 is 0.431. The molecule has 1 aromatic heterocycles. The first-order valence-electron chi connectivity index (χ1n) is 6.34. The van der Waals surface area contributed by atoms with Crippen molar-refractivity contribution in [2.24, 2.45) is 0 Å². The third kappa shape index (κ3) is 4.57. The summed E-state index contributed by atoms with van der Waals surface area (Å²) in [6, 6.07) is 8.93. The van der Waals surface area contributed by atoms with Gasteiger partial charge in [0.25, 0.3) is 0 Å². The largest absolute Gasteiger partial charge is 0.491 e. The Labute approximate surface area is 129 Å². The quantitative estimate of drug-likeness (QED) is 0.880. The van der Waals surface area contributed by atoms with Crippen LogP contribution in [0.2, 0.25) is 0 Å². The molecule has 22 heavy (non-hydrogen) atoms. The Hall–Kier alpha value is -1.87. The monoisotopic (exact) mass is 333 g/mol. The second-order valence-electron chi connectivity index (χ2n) is 4.55. The Kier molecular flexibility index (Phi) is 5.19. The summed E-state index contributed by atoms with van der Waals surface area (Å²) in [5.74, 6) is 0.611. The van der Waals surface area contributed by atoms with Gasteiger partial charge in [-0.15, -0.1) is 10.2 Å². The maximum atomic E-state index is 12.5. The van der Waals surface area contributed by atoms with Gasteiger partial charge in [0, 0.05) is 13.6 Å². The van der Waals surface area contributed by atoms with Crippen LogP contribution in [0.4, 0.5) is 18.3 Å². The number of aliphatic hydroxyl groups excluding tert-OH is 1. The van der Waals surface area contributed by atoms with Crippen molar-refractivity contribution in [1.29, 1.82) is 0 Å². The molecule has 0 aliphatic rings. The molecule has 0 fully saturated rings. The van der Waals surface area contributed by atoms with Crippen molar-refractivity contribution in [1.82, 2.24) is 10.2 Å². The summed E-state index contributed by atoms with van der Waals surface area (Å²) in [5.41, 5.74) is 0. The van der Waals surface area contributed by atoms with Crippen LogP contribution >= 0.6 is 11.3 Å². The third-order valence-electron chi connectivity index (χ3n) is 2.65. The van der Waals surface area contributed by atoms with E-state index in [2.05, 4.69) is 10.2 Å². The van der Waals surface area contributed by atoms with Gasteiger partial charge in [-0.3, -0.25) is 0 Å². The van der Waals surface area contributed by atoms with Gasteiger partial charge >= 0.3 is 6.18 Å². The first-order valence-corrected chi connectivity index (χ1v) is 7.15. The van der Waals surface area contributed by atoms with Gasteiger partial charge in [0.05, 0.1) is 0 Å². The topological polar surface area (TPSA) is 58.5 Å². The summed E-state index contributed by atoms with van der Waals surface area (Å²) in [4.78, 5) is 1.41. The number of ether oxygens (including phenoxy) is 1. The number of aliphatic hydroxyl groups is 1. The Morgan fingerprint density at radius 1 is 1.27 bits per heavy atom. The van der Waals surface area contributed by atoms with Gasteiger partial charge in [0.15, 0.2) is 0 Å². The number of likely N-dealkylation sites (N-methyl/N-ethyl adjacent to an activating group) is 1. The molecule has 0 saturated heterocycles. The number of aromatic nitrogens is 2. The Balaban J connectivity index is 1.86. The second kappa shape index (κ2) is 6.93. The predicted octanol–water partition coefficient (Wildman–Crippen LogP) is 2.43. The molecular formula is C13H14F3N3O2S. The highest BCUT2D eigenvalue weighted by atomic mass is 32.1. The van der Waals surface area contributed by atoms with E-state index in [4.69, 9.17) is 4.74 Å². The highest BCUT2D eigenvalue weighted by Gasteiger charge is 2.36. The predicted molar refractivity (Wildman–Crippen MR) is 76.1 cm³/mol. The van der Waals surface area contributed by atoms with E-state index < -0.39 is 17.3 Å². The lowest BCUT2D eigenvalue weighted by Gasteiger charge is -2.19. The molecule has 0 spiro atoms. The minimum atomic E-state index is -4.51. The van der Waals surface area contributed by atoms with Crippen molar-refractivity contribution in [2.75, 3.05) is 25.1 Å². The van der Waals surface area contributed by atoms with E-state index in [1.165, 1.54) is 11.9 Å². The van der Waals surface area contributed by atoms with E-state index in [-0.39, 0.29) is 18.3 Å². The number of hydrogen-bond acceptors (Lipinski definition) is 6. The fourth-order valence-corrected chi connectivity index (χ4v) is 2.32. The average molecular weight is 333 g/mol. The molecule has 0 radical (unpaired) electrons. The molecule has 0 aliphatic heterocycles. The van der Waals surface area contributed by atoms with Gasteiger partial charge in [-0.1, -0.05) is 29.5 Å². The summed E-state index contributed by atoms with van der Waals surface area (Å²) in [6.45, 7) is 0.110. The van der Waals surface area contributed by atoms with Crippen molar-refractivity contribution in [2.45, 2.75) is 12.3 Å². The fourth-order valence-electron chi connectivity index (χ4n) is 1.64. The Morgan fingerprint density at radius 2 is 1.95 bits per heavy atom. The number of para-hydroxylation sites is 1. The summed E-state index contributed by atoms with van der Waals surface area (Å²) in [5, 5.41) is 15.5. The SMILES string of the molecule is CN(CC(O)COc1ccccc1)c1nnc(C(F)(F)F)s1. The molecule has 9 heteroatoms. The van der Waals surface area contributed by atoms with Crippen LogP contribution in [0.3, 0.4) is 0 Å². The van der Waals surface area contributed by atoms with Crippen LogP contribution in [-0.2, 0) is 6.18 Å². The zero-order chi connectivity index (χ0) is 16.2. The minimum Gasteiger partial charge on any atom is -0.491 e. The van der Waals surface area contributed by atoms with Gasteiger partial charge in [0.1, 0.15) is 18.5 Å². The number of nitrogens with zero attached hydrogens (tertiary/aromatic N) is 3. The van der Waals surface area contributed by atoms with Gasteiger partial charge in [-0.05, 0) is 12.1 Å². The number of hydrogen-bond donors (Lipinski definition) is 1. The van der Waals surface area contributed by atoms with E-state index in [9.17, 15) is 18.3 Å². The summed E-state index contributed by atoms with van der Waals surface area (Å²) < 4.78 is 42.7. The number of halogens is 3.